The molecule has 9 heteroatoms. The van der Waals surface area contributed by atoms with Crippen molar-refractivity contribution in [2.75, 3.05) is 6.54 Å². The van der Waals surface area contributed by atoms with Gasteiger partial charge in [-0.15, -0.1) is 0 Å². The average molecular weight is 473 g/mol. The van der Waals surface area contributed by atoms with Crippen molar-refractivity contribution in [3.05, 3.63) is 68.5 Å². The first-order valence-corrected chi connectivity index (χ1v) is 9.87. The molecule has 3 rings (SSSR count). The van der Waals surface area contributed by atoms with Gasteiger partial charge in [0.15, 0.2) is 0 Å². The minimum Gasteiger partial charge on any atom is -0.488 e. The van der Waals surface area contributed by atoms with Crippen LogP contribution in [-0.2, 0) is 16.2 Å². The van der Waals surface area contributed by atoms with E-state index in [-0.39, 0.29) is 11.5 Å². The second-order valence-corrected chi connectivity index (χ2v) is 7.81. The predicted octanol–water partition coefficient (Wildman–Crippen LogP) is 4.02. The van der Waals surface area contributed by atoms with Gasteiger partial charge in [-0.1, -0.05) is 34.1 Å². The van der Waals surface area contributed by atoms with Crippen LogP contribution in [0.1, 0.15) is 16.7 Å². The van der Waals surface area contributed by atoms with Gasteiger partial charge >= 0.3 is 5.97 Å². The molecular weight excluding hydrogens is 460 g/mol. The number of carboxylic acid groups (broad SMARTS) is 1. The molecule has 1 aliphatic rings. The summed E-state index contributed by atoms with van der Waals surface area (Å²) in [6.07, 6.45) is 1.49. The van der Waals surface area contributed by atoms with Crippen LogP contribution < -0.4 is 4.74 Å². The fourth-order valence-corrected chi connectivity index (χ4v) is 3.80. The molecule has 1 fully saturated rings. The van der Waals surface area contributed by atoms with E-state index >= 15 is 0 Å². The van der Waals surface area contributed by atoms with Crippen molar-refractivity contribution < 1.29 is 24.2 Å². The highest BCUT2D eigenvalue weighted by Gasteiger charge is 2.36. The van der Waals surface area contributed by atoms with Crippen LogP contribution in [0, 0.1) is 11.3 Å². The van der Waals surface area contributed by atoms with E-state index in [0.29, 0.717) is 39.1 Å². The van der Waals surface area contributed by atoms with Gasteiger partial charge in [-0.05, 0) is 42.1 Å². The van der Waals surface area contributed by atoms with Crippen LogP contribution in [0.3, 0.4) is 0 Å². The van der Waals surface area contributed by atoms with E-state index in [9.17, 15) is 19.6 Å². The zero-order valence-electron chi connectivity index (χ0n) is 14.8. The number of nitriles is 1. The van der Waals surface area contributed by atoms with Gasteiger partial charge in [0.1, 0.15) is 18.9 Å². The fourth-order valence-electron chi connectivity index (χ4n) is 2.59. The zero-order chi connectivity index (χ0) is 21.0. The minimum atomic E-state index is -1.27. The highest BCUT2D eigenvalue weighted by molar-refractivity contribution is 9.10. The molecule has 0 spiro atoms. The Morgan fingerprint density at radius 2 is 2.03 bits per heavy atom. The van der Waals surface area contributed by atoms with Crippen LogP contribution in [0.4, 0.5) is 4.79 Å². The average Bonchev–Trinajstić information content (AvgIpc) is 2.94. The van der Waals surface area contributed by atoms with Gasteiger partial charge in [-0.25, -0.2) is 0 Å². The highest BCUT2D eigenvalue weighted by atomic mass is 79.9. The lowest BCUT2D eigenvalue weighted by Gasteiger charge is -2.11. The van der Waals surface area contributed by atoms with Gasteiger partial charge in [-0.2, -0.15) is 5.26 Å². The number of nitrogens with zero attached hydrogens (tertiary/aromatic N) is 2. The van der Waals surface area contributed by atoms with Crippen molar-refractivity contribution in [2.24, 2.45) is 0 Å². The number of amides is 2. The van der Waals surface area contributed by atoms with Gasteiger partial charge < -0.3 is 9.84 Å². The molecule has 1 N–H and O–H groups in total. The number of carbonyl (C=O) groups is 3. The maximum Gasteiger partial charge on any atom is 0.323 e. The molecule has 0 atom stereocenters. The molecule has 1 aliphatic heterocycles. The largest absolute Gasteiger partial charge is 0.488 e. The number of thioether (sulfide) groups is 1. The molecule has 2 aromatic carbocycles. The van der Waals surface area contributed by atoms with Crippen molar-refractivity contribution in [3.63, 3.8) is 0 Å². The third-order valence-electron chi connectivity index (χ3n) is 3.95. The molecule has 29 heavy (non-hydrogen) atoms. The van der Waals surface area contributed by atoms with Crippen molar-refractivity contribution in [1.82, 2.24) is 4.90 Å². The second kappa shape index (κ2) is 8.94. The van der Waals surface area contributed by atoms with Gasteiger partial charge in [0.25, 0.3) is 11.1 Å². The van der Waals surface area contributed by atoms with Gasteiger partial charge in [0.2, 0.25) is 0 Å². The van der Waals surface area contributed by atoms with E-state index in [2.05, 4.69) is 22.0 Å². The second-order valence-electron chi connectivity index (χ2n) is 5.90. The summed E-state index contributed by atoms with van der Waals surface area (Å²) in [6, 6.07) is 14.3. The number of rotatable bonds is 6. The monoisotopic (exact) mass is 472 g/mol. The normalized spacial score (nSPS) is 14.9. The first-order valence-electron chi connectivity index (χ1n) is 8.26. The standard InChI is InChI=1S/C20H13BrN2O5S/c21-15-5-6-16(28-11-13-4-2-1-3-12(13)9-22)14(7-15)8-17-19(26)23(10-18(24)25)20(27)29-17/h1-8H,10-11H2,(H,24,25)/b17-8+. The minimum absolute atomic E-state index is 0.108. The number of benzene rings is 2. The van der Waals surface area contributed by atoms with Crippen molar-refractivity contribution >= 4 is 50.9 Å². The third-order valence-corrected chi connectivity index (χ3v) is 5.35. The van der Waals surface area contributed by atoms with E-state index in [1.165, 1.54) is 6.08 Å². The number of aliphatic carboxylic acids is 1. The molecule has 0 radical (unpaired) electrons. The molecular formula is C20H13BrN2O5S. The summed E-state index contributed by atoms with van der Waals surface area (Å²) in [5.74, 6) is -1.48. The maximum atomic E-state index is 12.4. The molecule has 1 saturated heterocycles. The highest BCUT2D eigenvalue weighted by Crippen LogP contribution is 2.35. The number of ether oxygens (including phenoxy) is 1. The number of hydrogen-bond acceptors (Lipinski definition) is 6. The van der Waals surface area contributed by atoms with Gasteiger partial charge in [-0.3, -0.25) is 19.3 Å². The fraction of sp³-hybridized carbons (Fsp3) is 0.100. The number of carbonyl (C=O) groups excluding carboxylic acids is 2. The van der Waals surface area contributed by atoms with Crippen LogP contribution in [0.25, 0.3) is 6.08 Å². The number of carboxylic acids is 1. The Labute approximate surface area is 178 Å². The molecule has 0 unspecified atom stereocenters. The van der Waals surface area contributed by atoms with Crippen LogP contribution in [0.15, 0.2) is 51.8 Å². The van der Waals surface area contributed by atoms with Crippen molar-refractivity contribution in [3.8, 4) is 11.8 Å². The maximum absolute atomic E-state index is 12.4. The van der Waals surface area contributed by atoms with E-state index in [0.717, 1.165) is 4.47 Å². The Hall–Kier alpha value is -3.09. The van der Waals surface area contributed by atoms with E-state index < -0.39 is 23.7 Å². The summed E-state index contributed by atoms with van der Waals surface area (Å²) in [6.45, 7) is -0.540. The molecule has 1 heterocycles. The molecule has 0 aliphatic carbocycles. The molecule has 0 aromatic heterocycles. The topological polar surface area (TPSA) is 108 Å². The SMILES string of the molecule is N#Cc1ccccc1COc1ccc(Br)cc1/C=C1/SC(=O)N(CC(=O)O)C1=O. The van der Waals surface area contributed by atoms with Crippen LogP contribution in [0.2, 0.25) is 0 Å². The number of hydrogen-bond donors (Lipinski definition) is 1. The van der Waals surface area contributed by atoms with Gasteiger partial charge in [0.05, 0.1) is 16.5 Å². The summed E-state index contributed by atoms with van der Waals surface area (Å²) < 4.78 is 6.59. The van der Waals surface area contributed by atoms with Gasteiger partial charge in [0, 0.05) is 15.6 Å². The first-order chi connectivity index (χ1) is 13.9. The van der Waals surface area contributed by atoms with E-state index in [1.807, 2.05) is 0 Å². The first kappa shape index (κ1) is 20.6. The lowest BCUT2D eigenvalue weighted by molar-refractivity contribution is -0.140. The lowest BCUT2D eigenvalue weighted by Crippen LogP contribution is -2.33. The number of halogens is 1. The molecule has 0 saturated carbocycles. The van der Waals surface area contributed by atoms with Crippen molar-refractivity contribution in [1.29, 1.82) is 5.26 Å². The number of imide groups is 1. The summed E-state index contributed by atoms with van der Waals surface area (Å²) in [5, 5.41) is 17.4. The Morgan fingerprint density at radius 3 is 2.76 bits per heavy atom. The molecule has 7 nitrogen and oxygen atoms in total. The van der Waals surface area contributed by atoms with Crippen LogP contribution >= 0.6 is 27.7 Å². The molecule has 146 valence electrons. The van der Waals surface area contributed by atoms with Crippen LogP contribution in [0.5, 0.6) is 5.75 Å². The predicted molar refractivity (Wildman–Crippen MR) is 110 cm³/mol. The molecule has 2 aromatic rings. The quantitative estimate of drug-likeness (QED) is 0.632. The Bertz CT molecular complexity index is 1080. The summed E-state index contributed by atoms with van der Waals surface area (Å²) >= 11 is 4.04. The summed E-state index contributed by atoms with van der Waals surface area (Å²) in [7, 11) is 0. The molecule has 2 amide bonds. The lowest BCUT2D eigenvalue weighted by atomic mass is 10.1. The molecule has 0 bridgehead atoms. The van der Waals surface area contributed by atoms with Crippen molar-refractivity contribution in [2.45, 2.75) is 6.61 Å². The smallest absolute Gasteiger partial charge is 0.323 e. The van der Waals surface area contributed by atoms with E-state index in [4.69, 9.17) is 9.84 Å². The Morgan fingerprint density at radius 1 is 1.28 bits per heavy atom. The summed E-state index contributed by atoms with van der Waals surface area (Å²) in [4.78, 5) is 36.0. The van der Waals surface area contributed by atoms with E-state index in [1.54, 1.807) is 42.5 Å². The zero-order valence-corrected chi connectivity index (χ0v) is 17.2. The Balaban J connectivity index is 1.87. The summed E-state index contributed by atoms with van der Waals surface area (Å²) in [5.41, 5.74) is 1.75. The third kappa shape index (κ3) is 4.85. The Kier molecular flexibility index (Phi) is 6.36. The van der Waals surface area contributed by atoms with Crippen LogP contribution in [-0.4, -0.2) is 33.7 Å².